The zero-order valence-electron chi connectivity index (χ0n) is 9.93. The highest BCUT2D eigenvalue weighted by molar-refractivity contribution is 5.89. The van der Waals surface area contributed by atoms with E-state index in [4.69, 9.17) is 5.11 Å². The zero-order chi connectivity index (χ0) is 12.7. The molecule has 1 aliphatic carbocycles. The van der Waals surface area contributed by atoms with Gasteiger partial charge < -0.3 is 10.4 Å². The van der Waals surface area contributed by atoms with Crippen LogP contribution in [0.4, 0.5) is 0 Å². The molecule has 4 heteroatoms. The minimum atomic E-state index is -0.934. The maximum Gasteiger partial charge on any atom is 0.335 e. The summed E-state index contributed by atoms with van der Waals surface area (Å²) in [6.07, 6.45) is 3.31. The SMILES string of the molecule is O=C(O)c1ccc(C2C(=O)N[C@@H]3CCC[C@H]23)cc1. The van der Waals surface area contributed by atoms with E-state index >= 15 is 0 Å². The Morgan fingerprint density at radius 1 is 1.22 bits per heavy atom. The summed E-state index contributed by atoms with van der Waals surface area (Å²) in [5, 5.41) is 11.9. The molecule has 3 atom stereocenters. The first-order valence-corrected chi connectivity index (χ1v) is 6.30. The molecule has 1 saturated carbocycles. The highest BCUT2D eigenvalue weighted by Crippen LogP contribution is 2.42. The number of amides is 1. The Bertz CT molecular complexity index is 494. The summed E-state index contributed by atoms with van der Waals surface area (Å²) in [5.74, 6) is -0.558. The molecule has 94 valence electrons. The van der Waals surface area contributed by atoms with Crippen LogP contribution in [0.1, 0.15) is 41.1 Å². The van der Waals surface area contributed by atoms with Crippen LogP contribution in [0, 0.1) is 5.92 Å². The van der Waals surface area contributed by atoms with Crippen molar-refractivity contribution in [3.8, 4) is 0 Å². The summed E-state index contributed by atoms with van der Waals surface area (Å²) < 4.78 is 0. The molecule has 2 N–H and O–H groups in total. The van der Waals surface area contributed by atoms with Crippen molar-refractivity contribution in [2.24, 2.45) is 5.92 Å². The molecule has 1 unspecified atom stereocenters. The van der Waals surface area contributed by atoms with Gasteiger partial charge in [0.25, 0.3) is 0 Å². The number of carbonyl (C=O) groups excluding carboxylic acids is 1. The van der Waals surface area contributed by atoms with Crippen LogP contribution in [0.25, 0.3) is 0 Å². The van der Waals surface area contributed by atoms with E-state index in [1.54, 1.807) is 24.3 Å². The predicted octanol–water partition coefficient (Wildman–Crippen LogP) is 1.77. The second kappa shape index (κ2) is 4.12. The van der Waals surface area contributed by atoms with Crippen molar-refractivity contribution in [1.29, 1.82) is 0 Å². The lowest BCUT2D eigenvalue weighted by atomic mass is 9.86. The summed E-state index contributed by atoms with van der Waals surface area (Å²) in [6.45, 7) is 0. The van der Waals surface area contributed by atoms with Gasteiger partial charge >= 0.3 is 5.97 Å². The summed E-state index contributed by atoms with van der Waals surface area (Å²) in [4.78, 5) is 22.8. The van der Waals surface area contributed by atoms with Gasteiger partial charge in [-0.05, 0) is 36.5 Å². The number of fused-ring (bicyclic) bond motifs is 1. The molecule has 1 heterocycles. The number of nitrogens with one attached hydrogen (secondary N) is 1. The average Bonchev–Trinajstić information content (AvgIpc) is 2.89. The maximum absolute atomic E-state index is 12.0. The van der Waals surface area contributed by atoms with Crippen molar-refractivity contribution in [3.05, 3.63) is 35.4 Å². The number of rotatable bonds is 2. The van der Waals surface area contributed by atoms with Gasteiger partial charge in [0.2, 0.25) is 5.91 Å². The number of carboxylic acid groups (broad SMARTS) is 1. The molecule has 3 rings (SSSR count). The first-order valence-electron chi connectivity index (χ1n) is 6.30. The van der Waals surface area contributed by atoms with Gasteiger partial charge in [0.15, 0.2) is 0 Å². The quantitative estimate of drug-likeness (QED) is 0.834. The van der Waals surface area contributed by atoms with Gasteiger partial charge in [-0.1, -0.05) is 18.6 Å². The molecule has 1 saturated heterocycles. The van der Waals surface area contributed by atoms with Gasteiger partial charge in [-0.2, -0.15) is 0 Å². The summed E-state index contributed by atoms with van der Waals surface area (Å²) in [5.41, 5.74) is 1.20. The van der Waals surface area contributed by atoms with Gasteiger partial charge in [0, 0.05) is 6.04 Å². The Hall–Kier alpha value is -1.84. The van der Waals surface area contributed by atoms with Crippen LogP contribution in [0.15, 0.2) is 24.3 Å². The monoisotopic (exact) mass is 245 g/mol. The minimum absolute atomic E-state index is 0.0905. The van der Waals surface area contributed by atoms with E-state index in [0.29, 0.717) is 12.0 Å². The van der Waals surface area contributed by atoms with E-state index < -0.39 is 5.97 Å². The third-order valence-corrected chi connectivity index (χ3v) is 4.12. The lowest BCUT2D eigenvalue weighted by Gasteiger charge is -2.15. The molecule has 4 nitrogen and oxygen atoms in total. The Kier molecular flexibility index (Phi) is 2.58. The number of hydrogen-bond donors (Lipinski definition) is 2. The molecule has 1 aromatic carbocycles. The fourth-order valence-electron chi connectivity index (χ4n) is 3.27. The minimum Gasteiger partial charge on any atom is -0.478 e. The number of carbonyl (C=O) groups is 2. The highest BCUT2D eigenvalue weighted by atomic mass is 16.4. The third kappa shape index (κ3) is 1.68. The number of carboxylic acids is 1. The van der Waals surface area contributed by atoms with E-state index in [1.165, 1.54) is 6.42 Å². The molecule has 2 aliphatic rings. The maximum atomic E-state index is 12.0. The average molecular weight is 245 g/mol. The van der Waals surface area contributed by atoms with Crippen molar-refractivity contribution in [3.63, 3.8) is 0 Å². The molecular formula is C14H15NO3. The van der Waals surface area contributed by atoms with Crippen molar-refractivity contribution < 1.29 is 14.7 Å². The van der Waals surface area contributed by atoms with Crippen LogP contribution in [0.5, 0.6) is 0 Å². The first kappa shape index (κ1) is 11.3. The third-order valence-electron chi connectivity index (χ3n) is 4.12. The summed E-state index contributed by atoms with van der Waals surface area (Å²) >= 11 is 0. The molecule has 0 spiro atoms. The summed E-state index contributed by atoms with van der Waals surface area (Å²) in [6, 6.07) is 7.02. The van der Waals surface area contributed by atoms with Crippen molar-refractivity contribution in [2.45, 2.75) is 31.2 Å². The van der Waals surface area contributed by atoms with E-state index in [1.807, 2.05) is 0 Å². The lowest BCUT2D eigenvalue weighted by Crippen LogP contribution is -2.25. The van der Waals surface area contributed by atoms with E-state index in [9.17, 15) is 9.59 Å². The van der Waals surface area contributed by atoms with E-state index in [0.717, 1.165) is 18.4 Å². The molecule has 1 amide bonds. The first-order chi connectivity index (χ1) is 8.66. The molecule has 0 bridgehead atoms. The Balaban J connectivity index is 1.89. The van der Waals surface area contributed by atoms with Gasteiger partial charge in [0.05, 0.1) is 11.5 Å². The van der Waals surface area contributed by atoms with Gasteiger partial charge in [-0.3, -0.25) is 4.79 Å². The smallest absolute Gasteiger partial charge is 0.335 e. The second-order valence-corrected chi connectivity index (χ2v) is 5.11. The molecule has 1 aliphatic heterocycles. The standard InChI is InChI=1S/C14H15NO3/c16-13-12(10-2-1-3-11(10)15-13)8-4-6-9(7-5-8)14(17)18/h4-7,10-12H,1-3H2,(H,15,16)(H,17,18)/t10-,11+,12?/m0/s1. The van der Waals surface area contributed by atoms with Crippen molar-refractivity contribution in [2.75, 3.05) is 0 Å². The highest BCUT2D eigenvalue weighted by Gasteiger charge is 2.45. The Labute approximate surface area is 105 Å². The molecule has 2 fully saturated rings. The second-order valence-electron chi connectivity index (χ2n) is 5.11. The van der Waals surface area contributed by atoms with Crippen LogP contribution in [0.2, 0.25) is 0 Å². The van der Waals surface area contributed by atoms with Crippen LogP contribution in [-0.2, 0) is 4.79 Å². The normalized spacial score (nSPS) is 30.0. The predicted molar refractivity (Wildman–Crippen MR) is 65.4 cm³/mol. The fourth-order valence-corrected chi connectivity index (χ4v) is 3.27. The molecule has 0 aromatic heterocycles. The van der Waals surface area contributed by atoms with Crippen molar-refractivity contribution in [1.82, 2.24) is 5.32 Å². The molecule has 18 heavy (non-hydrogen) atoms. The fraction of sp³-hybridized carbons (Fsp3) is 0.429. The molecule has 0 radical (unpaired) electrons. The van der Waals surface area contributed by atoms with Gasteiger partial charge in [0.1, 0.15) is 0 Å². The van der Waals surface area contributed by atoms with Crippen LogP contribution in [0.3, 0.4) is 0 Å². The van der Waals surface area contributed by atoms with E-state index in [-0.39, 0.29) is 17.4 Å². The Morgan fingerprint density at radius 2 is 1.94 bits per heavy atom. The van der Waals surface area contributed by atoms with Gasteiger partial charge in [-0.15, -0.1) is 0 Å². The zero-order valence-corrected chi connectivity index (χ0v) is 9.93. The van der Waals surface area contributed by atoms with Crippen LogP contribution < -0.4 is 5.32 Å². The van der Waals surface area contributed by atoms with Crippen LogP contribution >= 0.6 is 0 Å². The number of hydrogen-bond acceptors (Lipinski definition) is 2. The van der Waals surface area contributed by atoms with Crippen molar-refractivity contribution >= 4 is 11.9 Å². The van der Waals surface area contributed by atoms with E-state index in [2.05, 4.69) is 5.32 Å². The molecule has 1 aromatic rings. The summed E-state index contributed by atoms with van der Waals surface area (Å²) in [7, 11) is 0. The topological polar surface area (TPSA) is 66.4 Å². The Morgan fingerprint density at radius 3 is 2.61 bits per heavy atom. The lowest BCUT2D eigenvalue weighted by molar-refractivity contribution is -0.121. The van der Waals surface area contributed by atoms with Gasteiger partial charge in [-0.25, -0.2) is 4.79 Å². The number of aromatic carboxylic acids is 1. The largest absolute Gasteiger partial charge is 0.478 e. The molecular weight excluding hydrogens is 230 g/mol. The van der Waals surface area contributed by atoms with Crippen LogP contribution in [-0.4, -0.2) is 23.0 Å². The number of benzene rings is 1.